The zero-order chi connectivity index (χ0) is 21.9. The molecule has 1 aliphatic rings. The van der Waals surface area contributed by atoms with E-state index in [1.54, 1.807) is 37.3 Å². The van der Waals surface area contributed by atoms with Crippen LogP contribution in [0.2, 0.25) is 0 Å². The fraction of sp³-hybridized carbons (Fsp3) is 0.350. The van der Waals surface area contributed by atoms with Gasteiger partial charge in [-0.25, -0.2) is 12.8 Å². The van der Waals surface area contributed by atoms with Crippen molar-refractivity contribution < 1.29 is 22.3 Å². The largest absolute Gasteiger partial charge is 0.381 e. The van der Waals surface area contributed by atoms with Crippen molar-refractivity contribution in [2.75, 3.05) is 23.3 Å². The average Bonchev–Trinajstić information content (AvgIpc) is 2.67. The maximum atomic E-state index is 14.1. The van der Waals surface area contributed by atoms with Gasteiger partial charge in [-0.2, -0.15) is 0 Å². The number of benzene rings is 2. The molecule has 2 atom stereocenters. The number of carbonyl (C=O) groups excluding carboxylic acids is 1. The third kappa shape index (κ3) is 5.76. The summed E-state index contributed by atoms with van der Waals surface area (Å²) in [5, 5.41) is 1.10. The number of nitrogens with one attached hydrogen (secondary N) is 2. The molecule has 1 heterocycles. The molecule has 2 N–H and O–H groups in total. The van der Waals surface area contributed by atoms with Crippen LogP contribution in [-0.4, -0.2) is 27.5 Å². The summed E-state index contributed by atoms with van der Waals surface area (Å²) in [4.78, 5) is 12.5. The fourth-order valence-electron chi connectivity index (χ4n) is 3.26. The van der Waals surface area contributed by atoms with Crippen molar-refractivity contribution in [2.24, 2.45) is 5.92 Å². The van der Waals surface area contributed by atoms with Crippen LogP contribution >= 0.6 is 18.5 Å². The summed E-state index contributed by atoms with van der Waals surface area (Å²) in [6.07, 6.45) is 1.35. The smallest absolute Gasteiger partial charge is 0.262 e. The third-order valence-corrected chi connectivity index (χ3v) is 7.09. The zero-order valence-corrected chi connectivity index (χ0v) is 19.6. The van der Waals surface area contributed by atoms with Crippen LogP contribution in [0.25, 0.3) is 0 Å². The Morgan fingerprint density at radius 1 is 1.13 bits per heavy atom. The van der Waals surface area contributed by atoms with Crippen LogP contribution in [0.3, 0.4) is 0 Å². The molecule has 0 spiro atoms. The van der Waals surface area contributed by atoms with Gasteiger partial charge in [0.15, 0.2) is 5.15 Å². The highest BCUT2D eigenvalue weighted by atomic mass is 32.2. The number of alkyl halides is 1. The standard InChI is InChI=1S/C20H25FN2O4P2S/c1-13-11-16(22-19(24)14-7-9-27-10-8-14)5-6-18(13)30(25,26)23-17-4-2-3-15(12-17)20(21,28)29/h2-6,11-12,14,23H,7-10,28-29H2,1H3,(H,22,24). The van der Waals surface area contributed by atoms with Gasteiger partial charge in [0.05, 0.1) is 4.90 Å². The summed E-state index contributed by atoms with van der Waals surface area (Å²) in [6, 6.07) is 10.8. The molecule has 30 heavy (non-hydrogen) atoms. The normalized spacial score (nSPS) is 15.6. The average molecular weight is 470 g/mol. The van der Waals surface area contributed by atoms with E-state index < -0.39 is 15.2 Å². The van der Waals surface area contributed by atoms with Gasteiger partial charge in [0.1, 0.15) is 0 Å². The van der Waals surface area contributed by atoms with Gasteiger partial charge in [-0.1, -0.05) is 30.6 Å². The number of rotatable bonds is 6. The molecule has 1 amide bonds. The van der Waals surface area contributed by atoms with Gasteiger partial charge in [-0.15, -0.1) is 0 Å². The lowest BCUT2D eigenvalue weighted by molar-refractivity contribution is -0.122. The number of ether oxygens (including phenoxy) is 1. The molecular weight excluding hydrogens is 445 g/mol. The van der Waals surface area contributed by atoms with Gasteiger partial charge in [0.25, 0.3) is 10.0 Å². The van der Waals surface area contributed by atoms with E-state index in [0.29, 0.717) is 42.9 Å². The molecule has 2 unspecified atom stereocenters. The first-order valence-electron chi connectivity index (χ1n) is 9.45. The van der Waals surface area contributed by atoms with Crippen LogP contribution in [0.4, 0.5) is 15.8 Å². The van der Waals surface area contributed by atoms with Crippen molar-refractivity contribution in [1.82, 2.24) is 0 Å². The molecule has 1 saturated heterocycles. The van der Waals surface area contributed by atoms with Crippen LogP contribution in [-0.2, 0) is 24.7 Å². The summed E-state index contributed by atoms with van der Waals surface area (Å²) in [5.41, 5.74) is 1.59. The topological polar surface area (TPSA) is 84.5 Å². The van der Waals surface area contributed by atoms with E-state index in [2.05, 4.69) is 28.5 Å². The van der Waals surface area contributed by atoms with Gasteiger partial charge in [-0.3, -0.25) is 9.52 Å². The summed E-state index contributed by atoms with van der Waals surface area (Å²) in [5.74, 6) is -0.194. The number of carbonyl (C=O) groups is 1. The number of anilines is 2. The van der Waals surface area contributed by atoms with Crippen LogP contribution in [0.15, 0.2) is 47.4 Å². The van der Waals surface area contributed by atoms with Crippen LogP contribution < -0.4 is 10.0 Å². The Kier molecular flexibility index (Phi) is 7.13. The molecule has 0 aliphatic carbocycles. The highest BCUT2D eigenvalue weighted by molar-refractivity contribution is 7.92. The van der Waals surface area contributed by atoms with E-state index in [1.807, 2.05) is 0 Å². The second kappa shape index (κ2) is 9.27. The Labute approximate surface area is 180 Å². The highest BCUT2D eigenvalue weighted by Crippen LogP contribution is 2.40. The third-order valence-electron chi connectivity index (χ3n) is 4.88. The van der Waals surface area contributed by atoms with Crippen molar-refractivity contribution in [3.63, 3.8) is 0 Å². The van der Waals surface area contributed by atoms with Crippen molar-refractivity contribution in [3.05, 3.63) is 53.6 Å². The quantitative estimate of drug-likeness (QED) is 0.626. The minimum Gasteiger partial charge on any atom is -0.381 e. The first-order chi connectivity index (χ1) is 14.1. The van der Waals surface area contributed by atoms with E-state index in [-0.39, 0.29) is 22.4 Å². The zero-order valence-electron chi connectivity index (χ0n) is 16.5. The summed E-state index contributed by atoms with van der Waals surface area (Å²) >= 11 is 0. The van der Waals surface area contributed by atoms with E-state index in [0.717, 1.165) is 0 Å². The fourth-order valence-corrected chi connectivity index (χ4v) is 4.90. The Bertz CT molecular complexity index is 1040. The first kappa shape index (κ1) is 23.1. The molecule has 2 aromatic carbocycles. The maximum absolute atomic E-state index is 14.1. The van der Waals surface area contributed by atoms with Crippen molar-refractivity contribution in [2.45, 2.75) is 29.8 Å². The number of hydrogen-bond acceptors (Lipinski definition) is 4. The van der Waals surface area contributed by atoms with Gasteiger partial charge in [0, 0.05) is 30.5 Å². The van der Waals surface area contributed by atoms with Crippen molar-refractivity contribution in [1.29, 1.82) is 0 Å². The Balaban J connectivity index is 1.76. The number of hydrogen-bond donors (Lipinski definition) is 2. The molecule has 10 heteroatoms. The number of aryl methyl sites for hydroxylation is 1. The molecule has 0 aromatic heterocycles. The van der Waals surface area contributed by atoms with Crippen LogP contribution in [0.5, 0.6) is 0 Å². The van der Waals surface area contributed by atoms with E-state index in [9.17, 15) is 17.6 Å². The molecule has 0 bridgehead atoms. The van der Waals surface area contributed by atoms with Gasteiger partial charge < -0.3 is 10.1 Å². The molecule has 162 valence electrons. The Morgan fingerprint density at radius 2 is 1.83 bits per heavy atom. The summed E-state index contributed by atoms with van der Waals surface area (Å²) in [7, 11) is 0.213. The molecule has 2 aromatic rings. The van der Waals surface area contributed by atoms with Gasteiger partial charge >= 0.3 is 0 Å². The van der Waals surface area contributed by atoms with E-state index >= 15 is 0 Å². The maximum Gasteiger partial charge on any atom is 0.262 e. The molecule has 0 saturated carbocycles. The van der Waals surface area contributed by atoms with Crippen molar-refractivity contribution in [3.8, 4) is 0 Å². The highest BCUT2D eigenvalue weighted by Gasteiger charge is 2.23. The summed E-state index contributed by atoms with van der Waals surface area (Å²) < 4.78 is 47.6. The number of sulfonamides is 1. The predicted octanol–water partition coefficient (Wildman–Crippen LogP) is 3.99. The van der Waals surface area contributed by atoms with Gasteiger partial charge in [0.2, 0.25) is 5.91 Å². The van der Waals surface area contributed by atoms with Crippen LogP contribution in [0.1, 0.15) is 24.0 Å². The lowest BCUT2D eigenvalue weighted by Crippen LogP contribution is -2.28. The minimum atomic E-state index is -3.89. The van der Waals surface area contributed by atoms with E-state index in [1.165, 1.54) is 12.1 Å². The molecule has 6 nitrogen and oxygen atoms in total. The van der Waals surface area contributed by atoms with Crippen LogP contribution in [0, 0.1) is 12.8 Å². The van der Waals surface area contributed by atoms with E-state index in [4.69, 9.17) is 4.74 Å². The Morgan fingerprint density at radius 3 is 2.47 bits per heavy atom. The number of amides is 1. The number of halogens is 1. The molecular formula is C20H25FN2O4P2S. The first-order valence-corrected chi connectivity index (χ1v) is 12.1. The second-order valence-electron chi connectivity index (χ2n) is 7.31. The predicted molar refractivity (Wildman–Crippen MR) is 123 cm³/mol. The molecule has 3 rings (SSSR count). The Hall–Kier alpha value is -1.59. The second-order valence-corrected chi connectivity index (χ2v) is 11.3. The molecule has 1 aliphatic heterocycles. The minimum absolute atomic E-state index is 0.0835. The van der Waals surface area contributed by atoms with Gasteiger partial charge in [-0.05, 0) is 61.2 Å². The van der Waals surface area contributed by atoms with Crippen molar-refractivity contribution >= 4 is 45.8 Å². The molecule has 0 radical (unpaired) electrons. The lowest BCUT2D eigenvalue weighted by Gasteiger charge is -2.21. The lowest BCUT2D eigenvalue weighted by atomic mass is 9.99. The molecule has 1 fully saturated rings. The SMILES string of the molecule is Cc1cc(NC(=O)C2CCOCC2)ccc1S(=O)(=O)Nc1cccc(C(F)(P)P)c1. The summed E-state index contributed by atoms with van der Waals surface area (Å²) in [6.45, 7) is 2.79. The monoisotopic (exact) mass is 470 g/mol.